The summed E-state index contributed by atoms with van der Waals surface area (Å²) >= 11 is 5.90. The van der Waals surface area contributed by atoms with Gasteiger partial charge >= 0.3 is 0 Å². The predicted molar refractivity (Wildman–Crippen MR) is 115 cm³/mol. The number of benzene rings is 2. The first kappa shape index (κ1) is 20.0. The van der Waals surface area contributed by atoms with Crippen LogP contribution < -0.4 is 5.32 Å². The molecule has 1 N–H and O–H groups in total. The Morgan fingerprint density at radius 3 is 2.48 bits per heavy atom. The number of hydrogen-bond acceptors (Lipinski definition) is 3. The molecule has 1 amide bonds. The number of fused-ring (bicyclic) bond motifs is 1. The van der Waals surface area contributed by atoms with Crippen molar-refractivity contribution in [2.45, 2.75) is 48.9 Å². The number of aromatic nitrogens is 1. The molecule has 0 bridgehead atoms. The van der Waals surface area contributed by atoms with Gasteiger partial charge in [0.05, 0.1) is 10.6 Å². The fourth-order valence-corrected chi connectivity index (χ4v) is 5.68. The zero-order valence-electron chi connectivity index (χ0n) is 16.0. The minimum absolute atomic E-state index is 0.0840. The highest BCUT2D eigenvalue weighted by Gasteiger charge is 2.23. The van der Waals surface area contributed by atoms with Crippen LogP contribution in [0.3, 0.4) is 0 Å². The Morgan fingerprint density at radius 2 is 1.76 bits per heavy atom. The van der Waals surface area contributed by atoms with E-state index in [9.17, 15) is 13.2 Å². The SMILES string of the molecule is O=C(Cn1cc(S(=O)(=O)Cc2ccc(Cl)cc2)c2ccccc21)NC1CCCC1. The predicted octanol–water partition coefficient (Wildman–Crippen LogP) is 4.33. The highest BCUT2D eigenvalue weighted by molar-refractivity contribution is 7.90. The number of halogens is 1. The van der Waals surface area contributed by atoms with Gasteiger partial charge in [-0.2, -0.15) is 0 Å². The Kier molecular flexibility index (Phi) is 5.65. The summed E-state index contributed by atoms with van der Waals surface area (Å²) < 4.78 is 28.0. The van der Waals surface area contributed by atoms with Gasteiger partial charge in [-0.15, -0.1) is 0 Å². The number of sulfone groups is 1. The first-order chi connectivity index (χ1) is 13.9. The molecule has 1 aromatic heterocycles. The van der Waals surface area contributed by atoms with Crippen molar-refractivity contribution in [2.24, 2.45) is 0 Å². The second-order valence-electron chi connectivity index (χ2n) is 7.57. The van der Waals surface area contributed by atoms with E-state index < -0.39 is 9.84 Å². The molecule has 1 aliphatic rings. The highest BCUT2D eigenvalue weighted by Crippen LogP contribution is 2.28. The average Bonchev–Trinajstić information content (AvgIpc) is 3.32. The summed E-state index contributed by atoms with van der Waals surface area (Å²) in [5.41, 5.74) is 1.41. The number of para-hydroxylation sites is 1. The standard InChI is InChI=1S/C22H23ClN2O3S/c23-17-11-9-16(10-12-17)15-29(27,28)21-13-25(20-8-4-3-7-19(20)21)14-22(26)24-18-5-1-2-6-18/h3-4,7-13,18H,1-2,5-6,14-15H2,(H,24,26). The lowest BCUT2D eigenvalue weighted by molar-refractivity contribution is -0.122. The van der Waals surface area contributed by atoms with Gasteiger partial charge in [-0.05, 0) is 36.6 Å². The van der Waals surface area contributed by atoms with E-state index in [4.69, 9.17) is 11.6 Å². The third kappa shape index (κ3) is 4.49. The molecule has 1 heterocycles. The lowest BCUT2D eigenvalue weighted by Crippen LogP contribution is -2.35. The molecule has 0 unspecified atom stereocenters. The molecule has 0 aliphatic heterocycles. The van der Waals surface area contributed by atoms with Crippen molar-refractivity contribution in [3.63, 3.8) is 0 Å². The number of rotatable bonds is 6. The highest BCUT2D eigenvalue weighted by atomic mass is 35.5. The minimum Gasteiger partial charge on any atom is -0.352 e. The van der Waals surface area contributed by atoms with Crippen LogP contribution in [0.2, 0.25) is 5.02 Å². The molecule has 7 heteroatoms. The van der Waals surface area contributed by atoms with Crippen LogP contribution >= 0.6 is 11.6 Å². The Bertz CT molecular complexity index is 1130. The van der Waals surface area contributed by atoms with E-state index in [-0.39, 0.29) is 29.1 Å². The summed E-state index contributed by atoms with van der Waals surface area (Å²) in [5, 5.41) is 4.26. The van der Waals surface area contributed by atoms with Crippen LogP contribution in [-0.4, -0.2) is 24.9 Å². The molecule has 3 aromatic rings. The maximum absolute atomic E-state index is 13.1. The Balaban J connectivity index is 1.62. The number of nitrogens with one attached hydrogen (secondary N) is 1. The molecule has 2 aromatic carbocycles. The van der Waals surface area contributed by atoms with Crippen LogP contribution in [0.25, 0.3) is 10.9 Å². The maximum Gasteiger partial charge on any atom is 0.240 e. The Labute approximate surface area is 175 Å². The van der Waals surface area contributed by atoms with Crippen molar-refractivity contribution in [3.8, 4) is 0 Å². The summed E-state index contributed by atoms with van der Waals surface area (Å²) in [7, 11) is -3.59. The monoisotopic (exact) mass is 430 g/mol. The Hall–Kier alpha value is -2.31. The lowest BCUT2D eigenvalue weighted by Gasteiger charge is -2.12. The van der Waals surface area contributed by atoms with E-state index in [1.54, 1.807) is 41.1 Å². The van der Waals surface area contributed by atoms with Crippen molar-refractivity contribution in [1.29, 1.82) is 0 Å². The van der Waals surface area contributed by atoms with Crippen molar-refractivity contribution in [2.75, 3.05) is 0 Å². The number of amides is 1. The lowest BCUT2D eigenvalue weighted by atomic mass is 10.2. The fraction of sp³-hybridized carbons (Fsp3) is 0.318. The van der Waals surface area contributed by atoms with Crippen molar-refractivity contribution in [3.05, 3.63) is 65.3 Å². The molecule has 152 valence electrons. The molecule has 1 saturated carbocycles. The fourth-order valence-electron chi connectivity index (χ4n) is 3.97. The van der Waals surface area contributed by atoms with Gasteiger partial charge in [0.25, 0.3) is 0 Å². The topological polar surface area (TPSA) is 68.2 Å². The second-order valence-corrected chi connectivity index (χ2v) is 9.97. The number of carbonyl (C=O) groups is 1. The first-order valence-corrected chi connectivity index (χ1v) is 11.8. The van der Waals surface area contributed by atoms with Gasteiger partial charge in [0, 0.05) is 28.2 Å². The van der Waals surface area contributed by atoms with Crippen molar-refractivity contribution >= 4 is 38.2 Å². The molecule has 0 saturated heterocycles. The van der Waals surface area contributed by atoms with Crippen LogP contribution in [0, 0.1) is 0 Å². The molecule has 0 atom stereocenters. The van der Waals surface area contributed by atoms with E-state index in [1.807, 2.05) is 18.2 Å². The molecular weight excluding hydrogens is 408 g/mol. The zero-order valence-corrected chi connectivity index (χ0v) is 17.5. The summed E-state index contributed by atoms with van der Waals surface area (Å²) in [6.07, 6.45) is 5.90. The van der Waals surface area contributed by atoms with E-state index in [2.05, 4.69) is 5.32 Å². The van der Waals surface area contributed by atoms with Crippen molar-refractivity contribution < 1.29 is 13.2 Å². The van der Waals surface area contributed by atoms with Gasteiger partial charge < -0.3 is 9.88 Å². The van der Waals surface area contributed by atoms with Gasteiger partial charge in [-0.25, -0.2) is 8.42 Å². The molecule has 5 nitrogen and oxygen atoms in total. The van der Waals surface area contributed by atoms with Crippen LogP contribution in [0.1, 0.15) is 31.2 Å². The molecule has 0 radical (unpaired) electrons. The summed E-state index contributed by atoms with van der Waals surface area (Å²) in [4.78, 5) is 12.7. The normalized spacial score (nSPS) is 15.1. The maximum atomic E-state index is 13.1. The average molecular weight is 431 g/mol. The summed E-state index contributed by atoms with van der Waals surface area (Å²) in [5.74, 6) is -0.203. The second kappa shape index (κ2) is 8.20. The van der Waals surface area contributed by atoms with Crippen LogP contribution in [0.4, 0.5) is 0 Å². The minimum atomic E-state index is -3.59. The molecule has 4 rings (SSSR count). The number of carbonyl (C=O) groups excluding carboxylic acids is 1. The third-order valence-corrected chi connectivity index (χ3v) is 7.35. The number of nitrogens with zero attached hydrogens (tertiary/aromatic N) is 1. The van der Waals surface area contributed by atoms with Gasteiger partial charge in [-0.1, -0.05) is 54.8 Å². The van der Waals surface area contributed by atoms with E-state index >= 15 is 0 Å². The largest absolute Gasteiger partial charge is 0.352 e. The number of hydrogen-bond donors (Lipinski definition) is 1. The van der Waals surface area contributed by atoms with Gasteiger partial charge in [0.2, 0.25) is 5.91 Å². The quantitative estimate of drug-likeness (QED) is 0.632. The van der Waals surface area contributed by atoms with Gasteiger partial charge in [-0.3, -0.25) is 4.79 Å². The van der Waals surface area contributed by atoms with Crippen LogP contribution in [-0.2, 0) is 26.9 Å². The third-order valence-electron chi connectivity index (χ3n) is 5.39. The van der Waals surface area contributed by atoms with E-state index in [1.165, 1.54) is 0 Å². The molecular formula is C22H23ClN2O3S. The zero-order chi connectivity index (χ0) is 20.4. The Morgan fingerprint density at radius 1 is 1.07 bits per heavy atom. The smallest absolute Gasteiger partial charge is 0.240 e. The van der Waals surface area contributed by atoms with E-state index in [0.29, 0.717) is 16.0 Å². The van der Waals surface area contributed by atoms with Crippen LogP contribution in [0.15, 0.2) is 59.6 Å². The molecule has 1 aliphatic carbocycles. The molecule has 29 heavy (non-hydrogen) atoms. The van der Waals surface area contributed by atoms with Crippen LogP contribution in [0.5, 0.6) is 0 Å². The van der Waals surface area contributed by atoms with Crippen molar-refractivity contribution in [1.82, 2.24) is 9.88 Å². The molecule has 0 spiro atoms. The molecule has 1 fully saturated rings. The first-order valence-electron chi connectivity index (χ1n) is 9.77. The summed E-state index contributed by atoms with van der Waals surface area (Å²) in [6.45, 7) is 0.105. The van der Waals surface area contributed by atoms with Gasteiger partial charge in [0.15, 0.2) is 9.84 Å². The van der Waals surface area contributed by atoms with E-state index in [0.717, 1.165) is 31.2 Å². The van der Waals surface area contributed by atoms with Gasteiger partial charge in [0.1, 0.15) is 6.54 Å². The summed E-state index contributed by atoms with van der Waals surface area (Å²) in [6, 6.07) is 14.3.